The number of halogens is 2. The molecule has 0 aliphatic rings. The van der Waals surface area contributed by atoms with Crippen LogP contribution in [0.3, 0.4) is 0 Å². The molecule has 1 N–H and O–H groups in total. The molecule has 0 amide bonds. The number of hydrogen-bond donors (Lipinski definition) is 1. The third kappa shape index (κ3) is 2.67. The molecule has 1 rings (SSSR count). The standard InChI is InChI=1S/C9H8BrIO2/c1-5(10)9(13)7-3-2-6(11)4-8(7)12/h2-5,12H,1H3. The molecule has 13 heavy (non-hydrogen) atoms. The van der Waals surface area contributed by atoms with E-state index in [1.54, 1.807) is 25.1 Å². The van der Waals surface area contributed by atoms with Crippen molar-refractivity contribution in [3.63, 3.8) is 0 Å². The Hall–Kier alpha value is -0.100. The Bertz CT molecular complexity index is 336. The van der Waals surface area contributed by atoms with Crippen molar-refractivity contribution in [1.82, 2.24) is 0 Å². The van der Waals surface area contributed by atoms with Crippen LogP contribution in [0.25, 0.3) is 0 Å². The van der Waals surface area contributed by atoms with E-state index in [0.29, 0.717) is 5.56 Å². The quantitative estimate of drug-likeness (QED) is 0.503. The summed E-state index contributed by atoms with van der Waals surface area (Å²) in [5.74, 6) is -0.0582. The van der Waals surface area contributed by atoms with E-state index in [-0.39, 0.29) is 16.4 Å². The molecule has 0 aliphatic carbocycles. The van der Waals surface area contributed by atoms with Crippen molar-refractivity contribution >= 4 is 44.3 Å². The van der Waals surface area contributed by atoms with Crippen LogP contribution in [-0.2, 0) is 0 Å². The van der Waals surface area contributed by atoms with Crippen molar-refractivity contribution in [2.24, 2.45) is 0 Å². The van der Waals surface area contributed by atoms with Gasteiger partial charge in [-0.1, -0.05) is 15.9 Å². The highest BCUT2D eigenvalue weighted by molar-refractivity contribution is 14.1. The van der Waals surface area contributed by atoms with E-state index in [0.717, 1.165) is 3.57 Å². The van der Waals surface area contributed by atoms with Gasteiger partial charge in [0.05, 0.1) is 10.4 Å². The van der Waals surface area contributed by atoms with Crippen LogP contribution in [-0.4, -0.2) is 15.7 Å². The predicted molar refractivity (Wildman–Crippen MR) is 63.5 cm³/mol. The summed E-state index contributed by atoms with van der Waals surface area (Å²) in [6.07, 6.45) is 0. The van der Waals surface area contributed by atoms with Gasteiger partial charge in [-0.15, -0.1) is 0 Å². The number of carbonyl (C=O) groups is 1. The molecule has 1 atom stereocenters. The Morgan fingerprint density at radius 1 is 1.62 bits per heavy atom. The number of ketones is 1. The van der Waals surface area contributed by atoms with Gasteiger partial charge in [-0.25, -0.2) is 0 Å². The van der Waals surface area contributed by atoms with Crippen LogP contribution in [0, 0.1) is 3.57 Å². The van der Waals surface area contributed by atoms with Gasteiger partial charge in [-0.2, -0.15) is 0 Å². The van der Waals surface area contributed by atoms with E-state index in [1.165, 1.54) is 0 Å². The second-order valence-electron chi connectivity index (χ2n) is 2.64. The third-order valence-electron chi connectivity index (χ3n) is 1.59. The van der Waals surface area contributed by atoms with E-state index in [4.69, 9.17) is 0 Å². The van der Waals surface area contributed by atoms with Crippen molar-refractivity contribution in [2.75, 3.05) is 0 Å². The zero-order chi connectivity index (χ0) is 10.0. The molecule has 0 radical (unpaired) electrons. The number of Topliss-reactive ketones (excluding diaryl/α,β-unsaturated/α-hetero) is 1. The number of alkyl halides is 1. The van der Waals surface area contributed by atoms with Crippen LogP contribution in [0.2, 0.25) is 0 Å². The van der Waals surface area contributed by atoms with Gasteiger partial charge in [0.15, 0.2) is 5.78 Å². The number of carbonyl (C=O) groups excluding carboxylic acids is 1. The summed E-state index contributed by atoms with van der Waals surface area (Å²) >= 11 is 5.25. The fourth-order valence-electron chi connectivity index (χ4n) is 0.927. The maximum Gasteiger partial charge on any atom is 0.179 e. The average molecular weight is 355 g/mol. The second-order valence-corrected chi connectivity index (χ2v) is 5.26. The lowest BCUT2D eigenvalue weighted by Crippen LogP contribution is -2.09. The van der Waals surface area contributed by atoms with E-state index in [9.17, 15) is 9.90 Å². The summed E-state index contributed by atoms with van der Waals surface area (Å²) < 4.78 is 0.911. The van der Waals surface area contributed by atoms with Crippen molar-refractivity contribution in [3.8, 4) is 5.75 Å². The molecule has 0 spiro atoms. The van der Waals surface area contributed by atoms with Gasteiger partial charge in [0.25, 0.3) is 0 Å². The van der Waals surface area contributed by atoms with Crippen LogP contribution >= 0.6 is 38.5 Å². The van der Waals surface area contributed by atoms with E-state index in [2.05, 4.69) is 38.5 Å². The topological polar surface area (TPSA) is 37.3 Å². The highest BCUT2D eigenvalue weighted by Crippen LogP contribution is 2.22. The largest absolute Gasteiger partial charge is 0.507 e. The fraction of sp³-hybridized carbons (Fsp3) is 0.222. The molecule has 2 nitrogen and oxygen atoms in total. The summed E-state index contributed by atoms with van der Waals surface area (Å²) in [5, 5.41) is 9.46. The van der Waals surface area contributed by atoms with Crippen LogP contribution in [0.4, 0.5) is 0 Å². The van der Waals surface area contributed by atoms with Gasteiger partial charge < -0.3 is 5.11 Å². The molecular formula is C9H8BrIO2. The molecule has 70 valence electrons. The predicted octanol–water partition coefficient (Wildman–Crippen LogP) is 2.96. The first-order chi connectivity index (χ1) is 6.02. The SMILES string of the molecule is CC(Br)C(=O)c1ccc(I)cc1O. The monoisotopic (exact) mass is 354 g/mol. The smallest absolute Gasteiger partial charge is 0.179 e. The minimum atomic E-state index is -0.265. The molecule has 0 saturated carbocycles. The summed E-state index contributed by atoms with van der Waals surface area (Å²) in [6.45, 7) is 1.74. The lowest BCUT2D eigenvalue weighted by Gasteiger charge is -2.05. The molecule has 0 aromatic heterocycles. The Labute approximate surface area is 98.6 Å². The van der Waals surface area contributed by atoms with Gasteiger partial charge in [0, 0.05) is 3.57 Å². The molecule has 1 unspecified atom stereocenters. The maximum absolute atomic E-state index is 11.5. The van der Waals surface area contributed by atoms with Gasteiger partial charge in [-0.05, 0) is 47.7 Å². The summed E-state index contributed by atoms with van der Waals surface area (Å²) in [6, 6.07) is 5.00. The first kappa shape index (κ1) is 11.0. The van der Waals surface area contributed by atoms with Crippen molar-refractivity contribution in [1.29, 1.82) is 0 Å². The Balaban J connectivity index is 3.09. The highest BCUT2D eigenvalue weighted by atomic mass is 127. The van der Waals surface area contributed by atoms with Crippen molar-refractivity contribution in [2.45, 2.75) is 11.8 Å². The Morgan fingerprint density at radius 2 is 2.23 bits per heavy atom. The molecule has 4 heteroatoms. The molecular weight excluding hydrogens is 347 g/mol. The van der Waals surface area contributed by atoms with E-state index >= 15 is 0 Å². The zero-order valence-corrected chi connectivity index (χ0v) is 10.7. The van der Waals surface area contributed by atoms with Crippen LogP contribution < -0.4 is 0 Å². The van der Waals surface area contributed by atoms with E-state index < -0.39 is 0 Å². The highest BCUT2D eigenvalue weighted by Gasteiger charge is 2.15. The Morgan fingerprint density at radius 3 is 2.69 bits per heavy atom. The molecule has 0 heterocycles. The molecule has 1 aromatic carbocycles. The minimum Gasteiger partial charge on any atom is -0.507 e. The Kier molecular flexibility index (Phi) is 3.73. The summed E-state index contributed by atoms with van der Waals surface area (Å²) in [7, 11) is 0. The number of phenols is 1. The molecule has 0 aliphatic heterocycles. The summed E-state index contributed by atoms with van der Waals surface area (Å²) in [4.78, 5) is 11.2. The minimum absolute atomic E-state index is 0.0446. The second kappa shape index (κ2) is 4.41. The number of phenolic OH excluding ortho intramolecular Hbond substituents is 1. The maximum atomic E-state index is 11.5. The lowest BCUT2D eigenvalue weighted by molar-refractivity contribution is 0.0993. The fourth-order valence-corrected chi connectivity index (χ4v) is 1.65. The van der Waals surface area contributed by atoms with Crippen LogP contribution in [0.15, 0.2) is 18.2 Å². The number of hydrogen-bond acceptors (Lipinski definition) is 2. The van der Waals surface area contributed by atoms with Gasteiger partial charge in [0.1, 0.15) is 5.75 Å². The number of aromatic hydroxyl groups is 1. The van der Waals surface area contributed by atoms with Crippen LogP contribution in [0.5, 0.6) is 5.75 Å². The number of rotatable bonds is 2. The molecule has 0 fully saturated rings. The zero-order valence-electron chi connectivity index (χ0n) is 6.92. The van der Waals surface area contributed by atoms with Crippen molar-refractivity contribution in [3.05, 3.63) is 27.3 Å². The normalized spacial score (nSPS) is 12.5. The van der Waals surface area contributed by atoms with E-state index in [1.807, 2.05) is 0 Å². The van der Waals surface area contributed by atoms with Gasteiger partial charge in [-0.3, -0.25) is 4.79 Å². The first-order valence-corrected chi connectivity index (χ1v) is 5.68. The van der Waals surface area contributed by atoms with Gasteiger partial charge >= 0.3 is 0 Å². The molecule has 0 bridgehead atoms. The molecule has 1 aromatic rings. The van der Waals surface area contributed by atoms with Crippen molar-refractivity contribution < 1.29 is 9.90 Å². The lowest BCUT2D eigenvalue weighted by atomic mass is 10.1. The number of benzene rings is 1. The summed E-state index contributed by atoms with van der Waals surface area (Å²) in [5.41, 5.74) is 0.366. The molecule has 0 saturated heterocycles. The third-order valence-corrected chi connectivity index (χ3v) is 2.67. The average Bonchev–Trinajstić information content (AvgIpc) is 2.03. The first-order valence-electron chi connectivity index (χ1n) is 3.69. The van der Waals surface area contributed by atoms with Crippen LogP contribution in [0.1, 0.15) is 17.3 Å². The van der Waals surface area contributed by atoms with Gasteiger partial charge in [0.2, 0.25) is 0 Å².